The maximum Gasteiger partial charge on any atom is 0.0967 e. The Morgan fingerprint density at radius 1 is 1.26 bits per heavy atom. The molecule has 0 aliphatic carbocycles. The molecule has 1 unspecified atom stereocenters. The van der Waals surface area contributed by atoms with Crippen molar-refractivity contribution in [1.29, 1.82) is 0 Å². The van der Waals surface area contributed by atoms with Gasteiger partial charge in [-0.2, -0.15) is 0 Å². The molecule has 1 aromatic heterocycles. The second-order valence-electron chi connectivity index (χ2n) is 5.68. The van der Waals surface area contributed by atoms with Crippen molar-refractivity contribution in [3.63, 3.8) is 0 Å². The Kier molecular flexibility index (Phi) is 4.10. The lowest BCUT2D eigenvalue weighted by Gasteiger charge is -2.23. The minimum Gasteiger partial charge on any atom is -0.329 e. The van der Waals surface area contributed by atoms with Crippen molar-refractivity contribution >= 4 is 0 Å². The van der Waals surface area contributed by atoms with E-state index in [4.69, 9.17) is 5.73 Å². The third kappa shape index (κ3) is 3.13. The Hall–Kier alpha value is -0.980. The van der Waals surface area contributed by atoms with Crippen molar-refractivity contribution in [2.24, 2.45) is 5.73 Å². The third-order valence-electron chi connectivity index (χ3n) is 4.23. The molecule has 1 aromatic rings. The summed E-state index contributed by atoms with van der Waals surface area (Å²) in [5.41, 5.74) is 6.58. The van der Waals surface area contributed by atoms with Gasteiger partial charge in [-0.05, 0) is 32.4 Å². The zero-order valence-electron chi connectivity index (χ0n) is 11.5. The molecule has 2 saturated heterocycles. The summed E-state index contributed by atoms with van der Waals surface area (Å²) in [6.07, 6.45) is 6.08. The molecule has 2 fully saturated rings. The first-order valence-electron chi connectivity index (χ1n) is 7.40. The Labute approximate surface area is 114 Å². The molecule has 0 radical (unpaired) electrons. The maximum atomic E-state index is 5.52. The average Bonchev–Trinajstić information content (AvgIpc) is 3.10. The Morgan fingerprint density at radius 3 is 2.89 bits per heavy atom. The van der Waals surface area contributed by atoms with Crippen LogP contribution in [0.15, 0.2) is 6.20 Å². The van der Waals surface area contributed by atoms with Crippen LogP contribution in [0.5, 0.6) is 0 Å². The number of rotatable bonds is 5. The summed E-state index contributed by atoms with van der Waals surface area (Å²) in [6, 6.07) is 0.765. The predicted molar refractivity (Wildman–Crippen MR) is 73.6 cm³/mol. The lowest BCUT2D eigenvalue weighted by atomic mass is 10.2. The van der Waals surface area contributed by atoms with Crippen LogP contribution in [-0.2, 0) is 13.1 Å². The van der Waals surface area contributed by atoms with Crippen LogP contribution in [0.2, 0.25) is 0 Å². The minimum atomic E-state index is 0.615. The molecule has 6 heteroatoms. The molecule has 0 bridgehead atoms. The molecule has 2 aliphatic heterocycles. The van der Waals surface area contributed by atoms with Crippen LogP contribution < -0.4 is 5.73 Å². The van der Waals surface area contributed by atoms with Crippen LogP contribution >= 0.6 is 0 Å². The molecule has 1 atom stereocenters. The quantitative estimate of drug-likeness (QED) is 0.805. The molecule has 0 spiro atoms. The van der Waals surface area contributed by atoms with Crippen LogP contribution in [0.4, 0.5) is 0 Å². The molecule has 0 amide bonds. The predicted octanol–water partition coefficient (Wildman–Crippen LogP) is -0.0931. The topological polar surface area (TPSA) is 63.2 Å². The van der Waals surface area contributed by atoms with Gasteiger partial charge in [-0.1, -0.05) is 5.21 Å². The monoisotopic (exact) mass is 264 g/mol. The fourth-order valence-corrected chi connectivity index (χ4v) is 3.24. The highest BCUT2D eigenvalue weighted by atomic mass is 15.4. The Bertz CT molecular complexity index is 398. The van der Waals surface area contributed by atoms with E-state index in [-0.39, 0.29) is 0 Å². The molecule has 3 rings (SSSR count). The van der Waals surface area contributed by atoms with Gasteiger partial charge < -0.3 is 5.73 Å². The van der Waals surface area contributed by atoms with E-state index in [1.807, 2.05) is 10.9 Å². The highest BCUT2D eigenvalue weighted by Crippen LogP contribution is 2.21. The number of nitrogens with zero attached hydrogens (tertiary/aromatic N) is 5. The van der Waals surface area contributed by atoms with Crippen LogP contribution in [0.1, 0.15) is 25.0 Å². The molecule has 19 heavy (non-hydrogen) atoms. The van der Waals surface area contributed by atoms with E-state index in [1.165, 1.54) is 45.4 Å². The number of likely N-dealkylation sites (tertiary alicyclic amines) is 2. The van der Waals surface area contributed by atoms with Crippen molar-refractivity contribution in [1.82, 2.24) is 24.8 Å². The fourth-order valence-electron chi connectivity index (χ4n) is 3.24. The average molecular weight is 264 g/mol. The van der Waals surface area contributed by atoms with E-state index in [1.54, 1.807) is 0 Å². The number of aromatic nitrogens is 3. The van der Waals surface area contributed by atoms with Gasteiger partial charge in [0.15, 0.2) is 0 Å². The summed E-state index contributed by atoms with van der Waals surface area (Å²) in [4.78, 5) is 5.16. The summed E-state index contributed by atoms with van der Waals surface area (Å²) in [5.74, 6) is 0. The van der Waals surface area contributed by atoms with Crippen molar-refractivity contribution in [3.8, 4) is 0 Å². The molecule has 0 aromatic carbocycles. The van der Waals surface area contributed by atoms with Crippen LogP contribution in [0, 0.1) is 0 Å². The normalized spacial score (nSPS) is 25.4. The molecule has 3 heterocycles. The lowest BCUT2D eigenvalue weighted by molar-refractivity contribution is 0.229. The summed E-state index contributed by atoms with van der Waals surface area (Å²) in [5, 5.41) is 8.32. The van der Waals surface area contributed by atoms with Gasteiger partial charge in [0, 0.05) is 38.4 Å². The van der Waals surface area contributed by atoms with E-state index in [0.29, 0.717) is 6.54 Å². The van der Waals surface area contributed by atoms with E-state index >= 15 is 0 Å². The van der Waals surface area contributed by atoms with Gasteiger partial charge in [0.05, 0.1) is 12.2 Å². The van der Waals surface area contributed by atoms with Gasteiger partial charge in [-0.15, -0.1) is 5.10 Å². The minimum absolute atomic E-state index is 0.615. The zero-order chi connectivity index (χ0) is 13.1. The molecule has 2 N–H and O–H groups in total. The second kappa shape index (κ2) is 5.98. The smallest absolute Gasteiger partial charge is 0.0967 e. The molecular weight excluding hydrogens is 240 g/mol. The number of hydrogen-bond donors (Lipinski definition) is 1. The summed E-state index contributed by atoms with van der Waals surface area (Å²) < 4.78 is 1.84. The van der Waals surface area contributed by atoms with Gasteiger partial charge >= 0.3 is 0 Å². The summed E-state index contributed by atoms with van der Waals surface area (Å²) in [6.45, 7) is 7.26. The van der Waals surface area contributed by atoms with Crippen molar-refractivity contribution < 1.29 is 0 Å². The first-order chi connectivity index (χ1) is 9.35. The lowest BCUT2D eigenvalue weighted by Crippen LogP contribution is -2.35. The number of hydrogen-bond acceptors (Lipinski definition) is 5. The molecule has 6 nitrogen and oxygen atoms in total. The van der Waals surface area contributed by atoms with Gasteiger partial charge in [-0.3, -0.25) is 14.5 Å². The van der Waals surface area contributed by atoms with Crippen molar-refractivity contribution in [2.75, 3.05) is 32.7 Å². The van der Waals surface area contributed by atoms with Crippen molar-refractivity contribution in [2.45, 2.75) is 38.4 Å². The van der Waals surface area contributed by atoms with E-state index in [2.05, 4.69) is 20.1 Å². The van der Waals surface area contributed by atoms with E-state index < -0.39 is 0 Å². The highest BCUT2D eigenvalue weighted by molar-refractivity contribution is 4.95. The second-order valence-corrected chi connectivity index (χ2v) is 5.68. The third-order valence-corrected chi connectivity index (χ3v) is 4.23. The SMILES string of the molecule is NCCn1cc(CN2CCC(N3CCCC3)C2)nn1. The van der Waals surface area contributed by atoms with Gasteiger partial charge in [-0.25, -0.2) is 0 Å². The van der Waals surface area contributed by atoms with Crippen LogP contribution in [-0.4, -0.2) is 63.6 Å². The van der Waals surface area contributed by atoms with Gasteiger partial charge in [0.25, 0.3) is 0 Å². The maximum absolute atomic E-state index is 5.52. The summed E-state index contributed by atoms with van der Waals surface area (Å²) in [7, 11) is 0. The fraction of sp³-hybridized carbons (Fsp3) is 0.846. The molecule has 106 valence electrons. The van der Waals surface area contributed by atoms with Gasteiger partial charge in [0.1, 0.15) is 0 Å². The first-order valence-corrected chi connectivity index (χ1v) is 7.40. The van der Waals surface area contributed by atoms with Crippen LogP contribution in [0.25, 0.3) is 0 Å². The number of nitrogens with two attached hydrogens (primary N) is 1. The standard InChI is InChI=1S/C13H24N6/c14-4-8-19-10-12(15-16-19)9-17-7-3-13(11-17)18-5-1-2-6-18/h10,13H,1-9,11,14H2. The Morgan fingerprint density at radius 2 is 2.11 bits per heavy atom. The van der Waals surface area contributed by atoms with Gasteiger partial charge in [0.2, 0.25) is 0 Å². The summed E-state index contributed by atoms with van der Waals surface area (Å²) >= 11 is 0. The largest absolute Gasteiger partial charge is 0.329 e. The van der Waals surface area contributed by atoms with E-state index in [0.717, 1.165) is 24.8 Å². The van der Waals surface area contributed by atoms with E-state index in [9.17, 15) is 0 Å². The first kappa shape index (κ1) is 13.0. The molecular formula is C13H24N6. The Balaban J connectivity index is 1.50. The molecule has 2 aliphatic rings. The highest BCUT2D eigenvalue weighted by Gasteiger charge is 2.29. The zero-order valence-corrected chi connectivity index (χ0v) is 11.5. The molecule has 0 saturated carbocycles. The van der Waals surface area contributed by atoms with Crippen molar-refractivity contribution in [3.05, 3.63) is 11.9 Å². The van der Waals surface area contributed by atoms with Crippen LogP contribution in [0.3, 0.4) is 0 Å².